The van der Waals surface area contributed by atoms with Crippen molar-refractivity contribution in [1.82, 2.24) is 0 Å². The van der Waals surface area contributed by atoms with E-state index in [9.17, 15) is 9.18 Å². The summed E-state index contributed by atoms with van der Waals surface area (Å²) in [5.41, 5.74) is 3.93. The van der Waals surface area contributed by atoms with Gasteiger partial charge in [-0.05, 0) is 53.4 Å². The Hall–Kier alpha value is -4.29. The molecule has 4 aromatic carbocycles. The minimum absolute atomic E-state index is 0.0540. The zero-order chi connectivity index (χ0) is 26.4. The first-order valence-corrected chi connectivity index (χ1v) is 11.7. The van der Waals surface area contributed by atoms with Crippen LogP contribution >= 0.6 is 0 Å². The molecule has 37 heavy (non-hydrogen) atoms. The van der Waals surface area contributed by atoms with Crippen molar-refractivity contribution >= 4 is 5.97 Å². The third kappa shape index (κ3) is 6.11. The molecular weight excluding hydrogens is 474 g/mol. The van der Waals surface area contributed by atoms with Gasteiger partial charge >= 0.3 is 5.97 Å². The van der Waals surface area contributed by atoms with Gasteiger partial charge in [0.1, 0.15) is 30.6 Å². The van der Waals surface area contributed by atoms with E-state index in [1.807, 2.05) is 36.4 Å². The number of hydrogen-bond acceptors (Lipinski definition) is 4. The smallest absolute Gasteiger partial charge is 0.333 e. The quantitative estimate of drug-likeness (QED) is 0.199. The van der Waals surface area contributed by atoms with Crippen LogP contribution in [0.25, 0.3) is 33.4 Å². The van der Waals surface area contributed by atoms with Crippen LogP contribution in [-0.4, -0.2) is 24.3 Å². The van der Waals surface area contributed by atoms with Gasteiger partial charge in [-0.15, -0.1) is 0 Å². The molecule has 0 spiro atoms. The Balaban J connectivity index is 1.63. The van der Waals surface area contributed by atoms with E-state index in [1.54, 1.807) is 36.4 Å². The Labute approximate surface area is 214 Å². The van der Waals surface area contributed by atoms with Gasteiger partial charge in [0.05, 0.1) is 6.61 Å². The minimum atomic E-state index is -0.561. The van der Waals surface area contributed by atoms with Crippen molar-refractivity contribution in [3.05, 3.63) is 114 Å². The van der Waals surface area contributed by atoms with E-state index in [0.29, 0.717) is 33.6 Å². The van der Waals surface area contributed by atoms with Gasteiger partial charge < -0.3 is 14.6 Å². The average molecular weight is 501 g/mol. The maximum Gasteiger partial charge on any atom is 0.333 e. The molecular formula is C31H26F2O4. The Morgan fingerprint density at radius 3 is 2.03 bits per heavy atom. The molecule has 6 heteroatoms. The number of rotatable bonds is 9. The van der Waals surface area contributed by atoms with Crippen LogP contribution in [-0.2, 0) is 16.1 Å². The van der Waals surface area contributed by atoms with Crippen LogP contribution in [0, 0.1) is 11.6 Å². The van der Waals surface area contributed by atoms with Gasteiger partial charge in [0.15, 0.2) is 0 Å². The lowest BCUT2D eigenvalue weighted by Gasteiger charge is -2.14. The number of benzene rings is 4. The number of aliphatic hydroxyl groups is 1. The second-order valence-electron chi connectivity index (χ2n) is 8.51. The lowest BCUT2D eigenvalue weighted by molar-refractivity contribution is -0.140. The number of esters is 1. The SMILES string of the molecule is C=C(C)C(=O)OCc1cc(-c2ccc(-c3ccc(-c4ccccc4)cc3F)cc2F)ccc1OCCO. The highest BCUT2D eigenvalue weighted by molar-refractivity contribution is 5.87. The van der Waals surface area contributed by atoms with Gasteiger partial charge in [0.25, 0.3) is 0 Å². The molecule has 0 saturated carbocycles. The molecule has 4 aromatic rings. The third-order valence-electron chi connectivity index (χ3n) is 5.78. The van der Waals surface area contributed by atoms with Crippen LogP contribution in [0.15, 0.2) is 97.1 Å². The lowest BCUT2D eigenvalue weighted by Crippen LogP contribution is -2.08. The van der Waals surface area contributed by atoms with Gasteiger partial charge in [-0.3, -0.25) is 0 Å². The van der Waals surface area contributed by atoms with Crippen molar-refractivity contribution in [3.8, 4) is 39.1 Å². The summed E-state index contributed by atoms with van der Waals surface area (Å²) in [6.07, 6.45) is 0. The number of carbonyl (C=O) groups is 1. The number of carbonyl (C=O) groups excluding carboxylic acids is 1. The van der Waals surface area contributed by atoms with E-state index >= 15 is 4.39 Å². The molecule has 0 amide bonds. The summed E-state index contributed by atoms with van der Waals surface area (Å²) in [6.45, 7) is 4.85. The summed E-state index contributed by atoms with van der Waals surface area (Å²) in [4.78, 5) is 11.9. The summed E-state index contributed by atoms with van der Waals surface area (Å²) in [5, 5.41) is 9.09. The molecule has 0 aliphatic heterocycles. The first-order valence-electron chi connectivity index (χ1n) is 11.7. The van der Waals surface area contributed by atoms with E-state index in [-0.39, 0.29) is 25.4 Å². The van der Waals surface area contributed by atoms with Crippen LogP contribution in [0.4, 0.5) is 8.78 Å². The fourth-order valence-electron chi connectivity index (χ4n) is 3.90. The van der Waals surface area contributed by atoms with Crippen LogP contribution in [0.1, 0.15) is 12.5 Å². The van der Waals surface area contributed by atoms with Crippen molar-refractivity contribution < 1.29 is 28.2 Å². The Kier molecular flexibility index (Phi) is 8.11. The van der Waals surface area contributed by atoms with Gasteiger partial charge in [0.2, 0.25) is 0 Å². The van der Waals surface area contributed by atoms with Gasteiger partial charge in [0, 0.05) is 22.3 Å². The molecule has 1 N–H and O–H groups in total. The Morgan fingerprint density at radius 2 is 1.41 bits per heavy atom. The minimum Gasteiger partial charge on any atom is -0.491 e. The highest BCUT2D eigenvalue weighted by atomic mass is 19.1. The largest absolute Gasteiger partial charge is 0.491 e. The average Bonchev–Trinajstić information content (AvgIpc) is 2.91. The van der Waals surface area contributed by atoms with E-state index in [0.717, 1.165) is 11.1 Å². The zero-order valence-corrected chi connectivity index (χ0v) is 20.3. The van der Waals surface area contributed by atoms with Crippen LogP contribution in [0.2, 0.25) is 0 Å². The van der Waals surface area contributed by atoms with Crippen molar-refractivity contribution in [3.63, 3.8) is 0 Å². The van der Waals surface area contributed by atoms with Crippen molar-refractivity contribution in [2.24, 2.45) is 0 Å². The first kappa shape index (κ1) is 25.8. The van der Waals surface area contributed by atoms with Crippen LogP contribution in [0.5, 0.6) is 5.75 Å². The molecule has 188 valence electrons. The molecule has 4 rings (SSSR count). The maximum atomic E-state index is 15.3. The number of aliphatic hydroxyl groups excluding tert-OH is 1. The summed E-state index contributed by atoms with van der Waals surface area (Å²) in [6, 6.07) is 23.9. The molecule has 0 aliphatic carbocycles. The Bertz CT molecular complexity index is 1430. The molecule has 0 aromatic heterocycles. The van der Waals surface area contributed by atoms with E-state index in [4.69, 9.17) is 14.6 Å². The van der Waals surface area contributed by atoms with Crippen molar-refractivity contribution in [2.45, 2.75) is 13.5 Å². The second-order valence-corrected chi connectivity index (χ2v) is 8.51. The number of halogens is 2. The van der Waals surface area contributed by atoms with Crippen LogP contribution < -0.4 is 4.74 Å². The topological polar surface area (TPSA) is 55.8 Å². The molecule has 0 bridgehead atoms. The standard InChI is InChI=1S/C31H26F2O4/c1-20(2)31(35)37-19-25-16-23(10-13-30(25)36-15-14-34)26-12-9-24(18-29(26)33)27-11-8-22(17-28(27)32)21-6-4-3-5-7-21/h3-13,16-18,34H,1,14-15,19H2,2H3. The van der Waals surface area contributed by atoms with Gasteiger partial charge in [-0.25, -0.2) is 13.6 Å². The summed E-state index contributed by atoms with van der Waals surface area (Å²) < 4.78 is 41.0. The first-order chi connectivity index (χ1) is 17.9. The van der Waals surface area contributed by atoms with E-state index < -0.39 is 17.6 Å². The fourth-order valence-corrected chi connectivity index (χ4v) is 3.90. The maximum absolute atomic E-state index is 15.3. The Morgan fingerprint density at radius 1 is 0.811 bits per heavy atom. The number of ether oxygens (including phenoxy) is 2. The fraction of sp³-hybridized carbons (Fsp3) is 0.129. The second kappa shape index (κ2) is 11.6. The van der Waals surface area contributed by atoms with Crippen LogP contribution in [0.3, 0.4) is 0 Å². The monoisotopic (exact) mass is 500 g/mol. The zero-order valence-electron chi connectivity index (χ0n) is 20.3. The molecule has 0 saturated heterocycles. The van der Waals surface area contributed by atoms with E-state index in [1.165, 1.54) is 19.1 Å². The summed E-state index contributed by atoms with van der Waals surface area (Å²) >= 11 is 0. The predicted molar refractivity (Wildman–Crippen MR) is 140 cm³/mol. The number of hydrogen-bond donors (Lipinski definition) is 1. The molecule has 0 radical (unpaired) electrons. The summed E-state index contributed by atoms with van der Waals surface area (Å²) in [5.74, 6) is -1.13. The molecule has 4 nitrogen and oxygen atoms in total. The third-order valence-corrected chi connectivity index (χ3v) is 5.78. The van der Waals surface area contributed by atoms with E-state index in [2.05, 4.69) is 6.58 Å². The molecule has 0 aliphatic rings. The predicted octanol–water partition coefficient (Wildman–Crippen LogP) is 6.96. The highest BCUT2D eigenvalue weighted by Crippen LogP contribution is 2.33. The lowest BCUT2D eigenvalue weighted by atomic mass is 9.96. The normalized spacial score (nSPS) is 10.7. The highest BCUT2D eigenvalue weighted by Gasteiger charge is 2.15. The molecule has 0 unspecified atom stereocenters. The molecule has 0 atom stereocenters. The van der Waals surface area contributed by atoms with Crippen molar-refractivity contribution in [2.75, 3.05) is 13.2 Å². The van der Waals surface area contributed by atoms with Gasteiger partial charge in [-0.2, -0.15) is 0 Å². The molecule has 0 fully saturated rings. The summed E-state index contributed by atoms with van der Waals surface area (Å²) in [7, 11) is 0. The molecule has 0 heterocycles. The van der Waals surface area contributed by atoms with Gasteiger partial charge in [-0.1, -0.05) is 67.2 Å². The van der Waals surface area contributed by atoms with Crippen molar-refractivity contribution in [1.29, 1.82) is 0 Å².